The minimum Gasteiger partial charge on any atom is -0.493 e. The number of carbonyl (C=O) groups is 1. The van der Waals surface area contributed by atoms with Crippen LogP contribution in [0, 0.1) is 5.92 Å². The van der Waals surface area contributed by atoms with Crippen molar-refractivity contribution >= 4 is 22.5 Å². The first-order valence-electron chi connectivity index (χ1n) is 11.9. The predicted octanol–water partition coefficient (Wildman–Crippen LogP) is 5.02. The molecule has 1 saturated heterocycles. The maximum absolute atomic E-state index is 13.6. The number of nitrogens with zero attached hydrogens (tertiary/aromatic N) is 3. The second-order valence-electron chi connectivity index (χ2n) is 9.40. The van der Waals surface area contributed by atoms with Crippen LogP contribution in [0.5, 0.6) is 11.5 Å². The first-order chi connectivity index (χ1) is 16.0. The maximum atomic E-state index is 13.6. The predicted molar refractivity (Wildman–Crippen MR) is 131 cm³/mol. The van der Waals surface area contributed by atoms with E-state index < -0.39 is 0 Å². The van der Waals surface area contributed by atoms with E-state index in [0.29, 0.717) is 18.1 Å². The number of rotatable bonds is 6. The normalized spacial score (nSPS) is 19.3. The number of methoxy groups -OCH3 is 1. The number of aromatic nitrogens is 1. The van der Waals surface area contributed by atoms with Crippen LogP contribution in [0.25, 0.3) is 10.9 Å². The molecule has 1 atom stereocenters. The van der Waals surface area contributed by atoms with Crippen LogP contribution >= 0.6 is 0 Å². The lowest BCUT2D eigenvalue weighted by Gasteiger charge is -2.30. The number of fused-ring (bicyclic) bond motifs is 3. The first-order valence-corrected chi connectivity index (χ1v) is 11.9. The molecule has 0 radical (unpaired) electrons. The van der Waals surface area contributed by atoms with Crippen molar-refractivity contribution < 1.29 is 14.3 Å². The van der Waals surface area contributed by atoms with Gasteiger partial charge in [-0.1, -0.05) is 25.1 Å². The molecule has 174 valence electrons. The molecular weight excluding hydrogens is 414 g/mol. The number of benzene rings is 2. The number of amides is 1. The van der Waals surface area contributed by atoms with Gasteiger partial charge in [-0.05, 0) is 57.0 Å². The zero-order valence-electron chi connectivity index (χ0n) is 20.0. The largest absolute Gasteiger partial charge is 0.493 e. The lowest BCUT2D eigenvalue weighted by molar-refractivity contribution is 0.0993. The molecule has 3 heterocycles. The second kappa shape index (κ2) is 8.75. The van der Waals surface area contributed by atoms with Gasteiger partial charge in [0.25, 0.3) is 5.91 Å². The molecule has 6 nitrogen and oxygen atoms in total. The molecule has 1 unspecified atom stereocenters. The van der Waals surface area contributed by atoms with E-state index in [0.717, 1.165) is 53.4 Å². The molecule has 2 aromatic carbocycles. The van der Waals surface area contributed by atoms with Gasteiger partial charge in [-0.15, -0.1) is 0 Å². The van der Waals surface area contributed by atoms with E-state index in [1.54, 1.807) is 7.11 Å². The van der Waals surface area contributed by atoms with Crippen molar-refractivity contribution in [2.45, 2.75) is 32.7 Å². The maximum Gasteiger partial charge on any atom is 0.261 e. The highest BCUT2D eigenvalue weighted by atomic mass is 16.5. The second-order valence-corrected chi connectivity index (χ2v) is 9.40. The molecule has 6 heteroatoms. The summed E-state index contributed by atoms with van der Waals surface area (Å²) in [7, 11) is 3.69. The fourth-order valence-electron chi connectivity index (χ4n) is 5.38. The number of hydrogen-bond donors (Lipinski definition) is 0. The standard InChI is InChI=1S/C27H33N3O3/c1-18-11-13-29(14-12-18)15-16-33-24-17-20(9-10-23(24)32-4)30-19(2)26-25(27(30)31)21-7-5-6-8-22(21)28(26)3/h5-10,17-19H,11-16H2,1-4H3. The van der Waals surface area contributed by atoms with E-state index in [-0.39, 0.29) is 11.9 Å². The number of anilines is 1. The van der Waals surface area contributed by atoms with Gasteiger partial charge in [-0.25, -0.2) is 0 Å². The summed E-state index contributed by atoms with van der Waals surface area (Å²) in [5.41, 5.74) is 3.78. The molecular formula is C27H33N3O3. The van der Waals surface area contributed by atoms with Crippen LogP contribution in [-0.4, -0.2) is 48.7 Å². The highest BCUT2D eigenvalue weighted by Gasteiger charge is 2.39. The van der Waals surface area contributed by atoms with Gasteiger partial charge < -0.3 is 14.0 Å². The number of ether oxygens (including phenoxy) is 2. The molecule has 2 aliphatic heterocycles. The molecule has 0 bridgehead atoms. The van der Waals surface area contributed by atoms with Gasteiger partial charge in [-0.2, -0.15) is 0 Å². The van der Waals surface area contributed by atoms with E-state index in [4.69, 9.17) is 9.47 Å². The third kappa shape index (κ3) is 3.76. The number of para-hydroxylation sites is 1. The van der Waals surface area contributed by atoms with E-state index in [1.165, 1.54) is 12.8 Å². The summed E-state index contributed by atoms with van der Waals surface area (Å²) in [4.78, 5) is 17.9. The van der Waals surface area contributed by atoms with Crippen LogP contribution in [0.3, 0.4) is 0 Å². The smallest absolute Gasteiger partial charge is 0.261 e. The average molecular weight is 448 g/mol. The molecule has 33 heavy (non-hydrogen) atoms. The number of piperidine rings is 1. The van der Waals surface area contributed by atoms with E-state index in [9.17, 15) is 4.79 Å². The Labute approximate surface area is 195 Å². The molecule has 0 N–H and O–H groups in total. The Morgan fingerprint density at radius 3 is 2.55 bits per heavy atom. The molecule has 1 fully saturated rings. The minimum atomic E-state index is -0.0681. The van der Waals surface area contributed by atoms with Gasteiger partial charge in [0.2, 0.25) is 0 Å². The Hall–Kier alpha value is -2.99. The number of aryl methyl sites for hydroxylation is 1. The molecule has 0 spiro atoms. The average Bonchev–Trinajstić information content (AvgIpc) is 3.27. The summed E-state index contributed by atoms with van der Waals surface area (Å²) in [5, 5.41) is 1.01. The highest BCUT2D eigenvalue weighted by Crippen LogP contribution is 2.43. The quantitative estimate of drug-likeness (QED) is 0.532. The summed E-state index contributed by atoms with van der Waals surface area (Å²) >= 11 is 0. The number of hydrogen-bond acceptors (Lipinski definition) is 4. The lowest BCUT2D eigenvalue weighted by Crippen LogP contribution is -2.35. The third-order valence-corrected chi connectivity index (χ3v) is 7.33. The molecule has 1 amide bonds. The van der Waals surface area contributed by atoms with Gasteiger partial charge in [-0.3, -0.25) is 14.6 Å². The minimum absolute atomic E-state index is 0.0350. The van der Waals surface area contributed by atoms with E-state index in [2.05, 4.69) is 29.4 Å². The van der Waals surface area contributed by atoms with Crippen molar-refractivity contribution in [1.29, 1.82) is 0 Å². The van der Waals surface area contributed by atoms with Gasteiger partial charge in [0.15, 0.2) is 11.5 Å². The molecule has 0 saturated carbocycles. The van der Waals surface area contributed by atoms with Crippen molar-refractivity contribution in [3.63, 3.8) is 0 Å². The monoisotopic (exact) mass is 447 g/mol. The lowest BCUT2D eigenvalue weighted by atomic mass is 9.99. The van der Waals surface area contributed by atoms with Crippen molar-refractivity contribution in [3.05, 3.63) is 53.7 Å². The third-order valence-electron chi connectivity index (χ3n) is 7.33. The van der Waals surface area contributed by atoms with Crippen LogP contribution in [-0.2, 0) is 7.05 Å². The van der Waals surface area contributed by atoms with Crippen LogP contribution in [0.1, 0.15) is 48.8 Å². The topological polar surface area (TPSA) is 46.9 Å². The summed E-state index contributed by atoms with van der Waals surface area (Å²) in [6.07, 6.45) is 2.51. The van der Waals surface area contributed by atoms with Gasteiger partial charge >= 0.3 is 0 Å². The van der Waals surface area contributed by atoms with Crippen molar-refractivity contribution in [2.24, 2.45) is 13.0 Å². The number of carbonyl (C=O) groups excluding carboxylic acids is 1. The van der Waals surface area contributed by atoms with Crippen LogP contribution in [0.15, 0.2) is 42.5 Å². The molecule has 0 aliphatic carbocycles. The van der Waals surface area contributed by atoms with Gasteiger partial charge in [0.1, 0.15) is 6.61 Å². The first kappa shape index (κ1) is 21.8. The Morgan fingerprint density at radius 1 is 1.03 bits per heavy atom. The van der Waals surface area contributed by atoms with Crippen molar-refractivity contribution in [1.82, 2.24) is 9.47 Å². The summed E-state index contributed by atoms with van der Waals surface area (Å²) in [5.74, 6) is 2.22. The molecule has 2 aliphatic rings. The van der Waals surface area contributed by atoms with Crippen molar-refractivity contribution in [2.75, 3.05) is 38.3 Å². The molecule has 3 aromatic rings. The zero-order valence-corrected chi connectivity index (χ0v) is 20.0. The summed E-state index contributed by atoms with van der Waals surface area (Å²) in [6, 6.07) is 13.8. The van der Waals surface area contributed by atoms with Crippen LogP contribution in [0.2, 0.25) is 0 Å². The van der Waals surface area contributed by atoms with E-state index in [1.807, 2.05) is 48.3 Å². The van der Waals surface area contributed by atoms with Gasteiger partial charge in [0.05, 0.1) is 24.4 Å². The van der Waals surface area contributed by atoms with Crippen molar-refractivity contribution in [3.8, 4) is 11.5 Å². The zero-order chi connectivity index (χ0) is 23.1. The molecule has 5 rings (SSSR count). The Morgan fingerprint density at radius 2 is 1.79 bits per heavy atom. The fourth-order valence-corrected chi connectivity index (χ4v) is 5.38. The molecule has 1 aromatic heterocycles. The fraction of sp³-hybridized carbons (Fsp3) is 0.444. The summed E-state index contributed by atoms with van der Waals surface area (Å²) < 4.78 is 13.9. The van der Waals surface area contributed by atoms with Crippen LogP contribution < -0.4 is 14.4 Å². The highest BCUT2D eigenvalue weighted by molar-refractivity contribution is 6.18. The van der Waals surface area contributed by atoms with Gasteiger partial charge in [0, 0.05) is 36.2 Å². The van der Waals surface area contributed by atoms with E-state index >= 15 is 0 Å². The Kier molecular flexibility index (Phi) is 5.79. The number of likely N-dealkylation sites (tertiary alicyclic amines) is 1. The Balaban J connectivity index is 1.38. The Bertz CT molecular complexity index is 1180. The summed E-state index contributed by atoms with van der Waals surface area (Å²) in [6.45, 7) is 8.18. The SMILES string of the molecule is COc1ccc(N2C(=O)c3c(n(C)c4ccccc34)C2C)cc1OCCN1CCC(C)CC1. The van der Waals surface area contributed by atoms with Crippen LogP contribution in [0.4, 0.5) is 5.69 Å².